The first-order valence-electron chi connectivity index (χ1n) is 6.96. The molecule has 2 unspecified atom stereocenters. The lowest BCUT2D eigenvalue weighted by atomic mass is 9.91. The van der Waals surface area contributed by atoms with Gasteiger partial charge in [-0.25, -0.2) is 0 Å². The molecule has 4 nitrogen and oxygen atoms in total. The Bertz CT molecular complexity index is 391. The van der Waals surface area contributed by atoms with Gasteiger partial charge in [0.15, 0.2) is 0 Å². The van der Waals surface area contributed by atoms with Crippen LogP contribution in [0.25, 0.3) is 0 Å². The number of nitrogens with zero attached hydrogens (tertiary/aromatic N) is 2. The topological polar surface area (TPSA) is 47.0 Å². The molecule has 2 aliphatic rings. The van der Waals surface area contributed by atoms with Crippen LogP contribution in [0, 0.1) is 5.92 Å². The van der Waals surface area contributed by atoms with Gasteiger partial charge in [0.2, 0.25) is 0 Å². The van der Waals surface area contributed by atoms with Crippen molar-refractivity contribution in [1.29, 1.82) is 0 Å². The molecule has 18 heavy (non-hydrogen) atoms. The quantitative estimate of drug-likeness (QED) is 0.886. The maximum absolute atomic E-state index is 5.48. The first-order valence-corrected chi connectivity index (χ1v) is 7.78. The van der Waals surface area contributed by atoms with Crippen molar-refractivity contribution in [2.75, 3.05) is 19.8 Å². The third-order valence-corrected chi connectivity index (χ3v) is 4.90. The molecule has 0 spiro atoms. The highest BCUT2D eigenvalue weighted by atomic mass is 32.1. The third kappa shape index (κ3) is 3.08. The lowest BCUT2D eigenvalue weighted by Crippen LogP contribution is -2.23. The average molecular weight is 267 g/mol. The highest BCUT2D eigenvalue weighted by molar-refractivity contribution is 7.11. The van der Waals surface area contributed by atoms with E-state index >= 15 is 0 Å². The Balaban J connectivity index is 1.54. The Kier molecular flexibility index (Phi) is 3.91. The van der Waals surface area contributed by atoms with Crippen LogP contribution in [0.15, 0.2) is 0 Å². The molecule has 1 aromatic rings. The molecule has 1 saturated heterocycles. The fourth-order valence-corrected chi connectivity index (χ4v) is 3.55. The summed E-state index contributed by atoms with van der Waals surface area (Å²) >= 11 is 1.80. The molecule has 5 heteroatoms. The monoisotopic (exact) mass is 267 g/mol. The van der Waals surface area contributed by atoms with Gasteiger partial charge in [-0.3, -0.25) is 0 Å². The van der Waals surface area contributed by atoms with Crippen molar-refractivity contribution < 1.29 is 4.74 Å². The molecule has 0 amide bonds. The van der Waals surface area contributed by atoms with Gasteiger partial charge in [-0.1, -0.05) is 6.92 Å². The molecular weight excluding hydrogens is 246 g/mol. The normalized spacial score (nSPS) is 28.5. The zero-order chi connectivity index (χ0) is 12.4. The molecule has 1 aliphatic heterocycles. The van der Waals surface area contributed by atoms with Gasteiger partial charge in [0.05, 0.1) is 0 Å². The molecule has 1 saturated carbocycles. The average Bonchev–Trinajstić information content (AvgIpc) is 3.08. The smallest absolute Gasteiger partial charge is 0.120 e. The predicted molar refractivity (Wildman–Crippen MR) is 72.0 cm³/mol. The molecule has 1 aliphatic carbocycles. The fourth-order valence-electron chi connectivity index (χ4n) is 2.44. The third-order valence-electron chi connectivity index (χ3n) is 3.79. The van der Waals surface area contributed by atoms with Crippen LogP contribution in [0.5, 0.6) is 0 Å². The molecule has 1 aromatic heterocycles. The second kappa shape index (κ2) is 5.63. The zero-order valence-electron chi connectivity index (χ0n) is 10.9. The lowest BCUT2D eigenvalue weighted by molar-refractivity contribution is 0.0471. The van der Waals surface area contributed by atoms with Crippen molar-refractivity contribution >= 4 is 11.3 Å². The van der Waals surface area contributed by atoms with E-state index in [9.17, 15) is 0 Å². The Morgan fingerprint density at radius 3 is 3.00 bits per heavy atom. The molecule has 0 bridgehead atoms. The number of hydrogen-bond donors (Lipinski definition) is 1. The Morgan fingerprint density at radius 2 is 2.22 bits per heavy atom. The molecule has 3 rings (SSSR count). The second-order valence-corrected chi connectivity index (χ2v) is 6.55. The predicted octanol–water partition coefficient (Wildman–Crippen LogP) is 1.97. The molecule has 100 valence electrons. The molecule has 0 radical (unpaired) electrons. The number of rotatable bonds is 5. The first kappa shape index (κ1) is 12.5. The van der Waals surface area contributed by atoms with E-state index in [0.717, 1.165) is 38.6 Å². The Labute approximate surface area is 112 Å². The molecule has 2 heterocycles. The summed E-state index contributed by atoms with van der Waals surface area (Å²) in [5.41, 5.74) is 0. The van der Waals surface area contributed by atoms with Crippen LogP contribution >= 0.6 is 11.3 Å². The van der Waals surface area contributed by atoms with Crippen LogP contribution in [0.1, 0.15) is 42.1 Å². The molecular formula is C13H21N3OS. The maximum Gasteiger partial charge on any atom is 0.120 e. The summed E-state index contributed by atoms with van der Waals surface area (Å²) in [6, 6.07) is 0.785. The number of nitrogens with one attached hydrogen (secondary N) is 1. The second-order valence-electron chi connectivity index (χ2n) is 5.46. The largest absolute Gasteiger partial charge is 0.381 e. The molecule has 0 aromatic carbocycles. The summed E-state index contributed by atoms with van der Waals surface area (Å²) in [5.74, 6) is 1.13. The van der Waals surface area contributed by atoms with Crippen LogP contribution in [0.3, 0.4) is 0 Å². The number of hydrogen-bond acceptors (Lipinski definition) is 5. The highest BCUT2D eigenvalue weighted by Gasteiger charge is 2.26. The summed E-state index contributed by atoms with van der Waals surface area (Å²) in [6.07, 6.45) is 4.81. The van der Waals surface area contributed by atoms with E-state index in [-0.39, 0.29) is 0 Å². The summed E-state index contributed by atoms with van der Waals surface area (Å²) in [6.45, 7) is 5.03. The minimum Gasteiger partial charge on any atom is -0.381 e. The van der Waals surface area contributed by atoms with E-state index in [4.69, 9.17) is 4.74 Å². The van der Waals surface area contributed by atoms with E-state index in [2.05, 4.69) is 22.4 Å². The van der Waals surface area contributed by atoms with Crippen LogP contribution in [-0.2, 0) is 11.2 Å². The Morgan fingerprint density at radius 1 is 1.33 bits per heavy atom. The summed E-state index contributed by atoms with van der Waals surface area (Å²) in [5, 5.41) is 14.6. The van der Waals surface area contributed by atoms with Crippen molar-refractivity contribution in [1.82, 2.24) is 15.5 Å². The number of ether oxygens (including phenoxy) is 1. The van der Waals surface area contributed by atoms with E-state index in [0.29, 0.717) is 11.8 Å². The minimum atomic E-state index is 0.557. The van der Waals surface area contributed by atoms with Gasteiger partial charge >= 0.3 is 0 Å². The van der Waals surface area contributed by atoms with Gasteiger partial charge in [0.1, 0.15) is 10.0 Å². The Hall–Kier alpha value is -0.520. The van der Waals surface area contributed by atoms with E-state index in [1.807, 2.05) is 0 Å². The van der Waals surface area contributed by atoms with Crippen LogP contribution < -0.4 is 5.32 Å². The van der Waals surface area contributed by atoms with Crippen LogP contribution in [-0.4, -0.2) is 36.0 Å². The van der Waals surface area contributed by atoms with Crippen LogP contribution in [0.2, 0.25) is 0 Å². The van der Waals surface area contributed by atoms with Crippen molar-refractivity contribution in [2.45, 2.75) is 44.6 Å². The van der Waals surface area contributed by atoms with E-state index in [1.165, 1.54) is 22.9 Å². The van der Waals surface area contributed by atoms with Crippen molar-refractivity contribution in [3.63, 3.8) is 0 Å². The highest BCUT2D eigenvalue weighted by Crippen LogP contribution is 2.33. The SMILES string of the molecule is CC1COCCC1c1nnc(CCNC2CC2)s1. The summed E-state index contributed by atoms with van der Waals surface area (Å²) in [4.78, 5) is 0. The molecule has 2 fully saturated rings. The molecule has 1 N–H and O–H groups in total. The summed E-state index contributed by atoms with van der Waals surface area (Å²) in [7, 11) is 0. The van der Waals surface area contributed by atoms with Crippen molar-refractivity contribution in [3.8, 4) is 0 Å². The summed E-state index contributed by atoms with van der Waals surface area (Å²) < 4.78 is 5.48. The van der Waals surface area contributed by atoms with Gasteiger partial charge in [-0.05, 0) is 25.2 Å². The van der Waals surface area contributed by atoms with Gasteiger partial charge in [-0.2, -0.15) is 0 Å². The maximum atomic E-state index is 5.48. The molecule has 2 atom stereocenters. The standard InChI is InChI=1S/C13H21N3OS/c1-9-8-17-7-5-11(9)13-16-15-12(18-13)4-6-14-10-2-3-10/h9-11,14H,2-8H2,1H3. The van der Waals surface area contributed by atoms with Crippen LogP contribution in [0.4, 0.5) is 0 Å². The zero-order valence-corrected chi connectivity index (χ0v) is 11.7. The lowest BCUT2D eigenvalue weighted by Gasteiger charge is -2.26. The number of aromatic nitrogens is 2. The van der Waals surface area contributed by atoms with Gasteiger partial charge in [0, 0.05) is 38.1 Å². The van der Waals surface area contributed by atoms with Gasteiger partial charge < -0.3 is 10.1 Å². The fraction of sp³-hybridized carbons (Fsp3) is 0.846. The first-order chi connectivity index (χ1) is 8.83. The van der Waals surface area contributed by atoms with Crippen molar-refractivity contribution in [3.05, 3.63) is 10.0 Å². The van der Waals surface area contributed by atoms with E-state index in [1.54, 1.807) is 11.3 Å². The van der Waals surface area contributed by atoms with Crippen molar-refractivity contribution in [2.24, 2.45) is 5.92 Å². The van der Waals surface area contributed by atoms with Gasteiger partial charge in [0.25, 0.3) is 0 Å². The van der Waals surface area contributed by atoms with Gasteiger partial charge in [-0.15, -0.1) is 21.5 Å². The minimum absolute atomic E-state index is 0.557. The van der Waals surface area contributed by atoms with E-state index < -0.39 is 0 Å².